The van der Waals surface area contributed by atoms with Gasteiger partial charge in [0, 0.05) is 17.8 Å². The maximum atomic E-state index is 11.8. The molecule has 0 radical (unpaired) electrons. The van der Waals surface area contributed by atoms with E-state index in [4.69, 9.17) is 5.21 Å². The van der Waals surface area contributed by atoms with Crippen LogP contribution in [0.1, 0.15) is 5.56 Å². The van der Waals surface area contributed by atoms with Gasteiger partial charge in [0.05, 0.1) is 12.7 Å². The maximum absolute atomic E-state index is 11.8. The third-order valence-corrected chi connectivity index (χ3v) is 4.27. The van der Waals surface area contributed by atoms with E-state index in [0.29, 0.717) is 6.54 Å². The third kappa shape index (κ3) is 3.63. The molecule has 0 fully saturated rings. The Labute approximate surface area is 155 Å². The molecule has 7 nitrogen and oxygen atoms in total. The molecule has 2 N–H and O–H groups in total. The molecule has 2 heterocycles. The minimum atomic E-state index is -0.345. The van der Waals surface area contributed by atoms with E-state index in [0.717, 1.165) is 32.6 Å². The van der Waals surface area contributed by atoms with Crippen LogP contribution in [0, 0.1) is 0 Å². The predicted molar refractivity (Wildman–Crippen MR) is 102 cm³/mol. The molecule has 0 aliphatic heterocycles. The summed E-state index contributed by atoms with van der Waals surface area (Å²) < 4.78 is 2.79. The van der Waals surface area contributed by atoms with Gasteiger partial charge in [-0.15, -0.1) is 5.10 Å². The Morgan fingerprint density at radius 3 is 2.37 bits per heavy atom. The summed E-state index contributed by atoms with van der Waals surface area (Å²) in [5.74, 6) is 0. The number of benzene rings is 2. The van der Waals surface area contributed by atoms with Crippen LogP contribution < -0.4 is 11.1 Å². The summed E-state index contributed by atoms with van der Waals surface area (Å²) in [6.07, 6.45) is 3.39. The van der Waals surface area contributed by atoms with Crippen molar-refractivity contribution in [3.05, 3.63) is 95.0 Å². The summed E-state index contributed by atoms with van der Waals surface area (Å²) >= 11 is 0. The lowest BCUT2D eigenvalue weighted by molar-refractivity contribution is 0.313. The van der Waals surface area contributed by atoms with E-state index in [1.54, 1.807) is 10.7 Å². The summed E-state index contributed by atoms with van der Waals surface area (Å²) in [5, 5.41) is 17.3. The molecule has 7 heteroatoms. The fourth-order valence-electron chi connectivity index (χ4n) is 2.85. The van der Waals surface area contributed by atoms with E-state index in [2.05, 4.69) is 22.4 Å². The number of aromatic nitrogens is 4. The summed E-state index contributed by atoms with van der Waals surface area (Å²) in [6.45, 7) is 0.668. The molecule has 27 heavy (non-hydrogen) atoms. The van der Waals surface area contributed by atoms with Gasteiger partial charge in [-0.3, -0.25) is 10.0 Å². The summed E-state index contributed by atoms with van der Waals surface area (Å²) in [6, 6.07) is 21.0. The van der Waals surface area contributed by atoms with E-state index in [1.165, 1.54) is 12.3 Å². The number of hydrogen-bond donors (Lipinski definition) is 2. The molecule has 2 aromatic carbocycles. The molecule has 0 atom stereocenters. The van der Waals surface area contributed by atoms with Crippen LogP contribution in [0.4, 0.5) is 0 Å². The Hall–Kier alpha value is -3.71. The first-order chi connectivity index (χ1) is 13.2. The van der Waals surface area contributed by atoms with E-state index >= 15 is 0 Å². The van der Waals surface area contributed by atoms with Gasteiger partial charge in [0.15, 0.2) is 0 Å². The first-order valence-electron chi connectivity index (χ1n) is 8.40. The number of nitrogens with zero attached hydrogens (tertiary/aromatic N) is 4. The second-order valence-corrected chi connectivity index (χ2v) is 6.09. The van der Waals surface area contributed by atoms with Crippen molar-refractivity contribution in [2.75, 3.05) is 5.59 Å². The molecule has 4 aromatic rings. The van der Waals surface area contributed by atoms with Gasteiger partial charge in [-0.05, 0) is 22.8 Å². The van der Waals surface area contributed by atoms with Crippen LogP contribution in [0.25, 0.3) is 22.4 Å². The second-order valence-electron chi connectivity index (χ2n) is 6.09. The number of nitrogens with one attached hydrogen (secondary N) is 1. The van der Waals surface area contributed by atoms with Crippen LogP contribution in [0.2, 0.25) is 0 Å². The lowest BCUT2D eigenvalue weighted by Crippen LogP contribution is -2.25. The standard InChI is InChI=1S/C20H17N5O2/c26-20-12-18(10-11-25(20)23-27)16-6-8-17(9-7-16)19-14-24(22-21-19)13-15-4-2-1-3-5-15/h1-12,14,23,27H,13H2. The minimum Gasteiger partial charge on any atom is -0.275 e. The van der Waals surface area contributed by atoms with Gasteiger partial charge in [0.2, 0.25) is 0 Å². The van der Waals surface area contributed by atoms with Gasteiger partial charge in [-0.2, -0.15) is 0 Å². The van der Waals surface area contributed by atoms with Crippen LogP contribution in [0.5, 0.6) is 0 Å². The largest absolute Gasteiger partial charge is 0.275 e. The summed E-state index contributed by atoms with van der Waals surface area (Å²) in [4.78, 5) is 11.8. The first-order valence-corrected chi connectivity index (χ1v) is 8.40. The molecule has 2 aromatic heterocycles. The zero-order chi connectivity index (χ0) is 18.6. The van der Waals surface area contributed by atoms with Crippen LogP contribution in [0.15, 0.2) is 83.9 Å². The quantitative estimate of drug-likeness (QED) is 0.535. The maximum Gasteiger partial charge on any atom is 0.271 e. The van der Waals surface area contributed by atoms with Crippen LogP contribution >= 0.6 is 0 Å². The average Bonchev–Trinajstić information content (AvgIpc) is 3.17. The molecule has 0 saturated heterocycles. The smallest absolute Gasteiger partial charge is 0.271 e. The lowest BCUT2D eigenvalue weighted by Gasteiger charge is -2.05. The molecule has 0 aliphatic carbocycles. The van der Waals surface area contributed by atoms with Gasteiger partial charge in [-0.1, -0.05) is 59.8 Å². The Kier molecular flexibility index (Phi) is 4.51. The topological polar surface area (TPSA) is 85.0 Å². The lowest BCUT2D eigenvalue weighted by atomic mass is 10.0. The Morgan fingerprint density at radius 1 is 0.926 bits per heavy atom. The molecule has 0 unspecified atom stereocenters. The van der Waals surface area contributed by atoms with Crippen molar-refractivity contribution in [3.8, 4) is 22.4 Å². The van der Waals surface area contributed by atoms with E-state index in [-0.39, 0.29) is 5.56 Å². The SMILES string of the molecule is O=c1cc(-c2ccc(-c3cn(Cc4ccccc4)nn3)cc2)ccn1NO. The summed E-state index contributed by atoms with van der Waals surface area (Å²) in [5.41, 5.74) is 6.04. The van der Waals surface area contributed by atoms with Crippen molar-refractivity contribution in [3.63, 3.8) is 0 Å². The predicted octanol–water partition coefficient (Wildman–Crippen LogP) is 2.75. The highest BCUT2D eigenvalue weighted by molar-refractivity contribution is 5.68. The Balaban J connectivity index is 1.54. The average molecular weight is 359 g/mol. The molecule has 4 rings (SSSR count). The molecule has 0 spiro atoms. The van der Waals surface area contributed by atoms with E-state index in [1.807, 2.05) is 54.3 Å². The Bertz CT molecular complexity index is 1100. The van der Waals surface area contributed by atoms with E-state index in [9.17, 15) is 4.79 Å². The van der Waals surface area contributed by atoms with Crippen LogP contribution in [0.3, 0.4) is 0 Å². The van der Waals surface area contributed by atoms with Crippen molar-refractivity contribution in [1.29, 1.82) is 0 Å². The van der Waals surface area contributed by atoms with Crippen LogP contribution in [-0.4, -0.2) is 24.9 Å². The van der Waals surface area contributed by atoms with Gasteiger partial charge >= 0.3 is 0 Å². The Morgan fingerprint density at radius 2 is 1.67 bits per heavy atom. The molecule has 0 aliphatic rings. The highest BCUT2D eigenvalue weighted by Gasteiger charge is 2.06. The van der Waals surface area contributed by atoms with Gasteiger partial charge in [0.25, 0.3) is 5.56 Å². The molecule has 134 valence electrons. The molecule has 0 saturated carbocycles. The second kappa shape index (κ2) is 7.27. The highest BCUT2D eigenvalue weighted by atomic mass is 16.5. The fraction of sp³-hybridized carbons (Fsp3) is 0.0500. The molecule has 0 bridgehead atoms. The van der Waals surface area contributed by atoms with E-state index < -0.39 is 0 Å². The number of rotatable bonds is 5. The normalized spacial score (nSPS) is 10.7. The molecule has 0 amide bonds. The zero-order valence-corrected chi connectivity index (χ0v) is 14.4. The molecular weight excluding hydrogens is 342 g/mol. The zero-order valence-electron chi connectivity index (χ0n) is 14.4. The highest BCUT2D eigenvalue weighted by Crippen LogP contribution is 2.22. The van der Waals surface area contributed by atoms with Crippen molar-refractivity contribution < 1.29 is 5.21 Å². The van der Waals surface area contributed by atoms with Crippen molar-refractivity contribution in [2.45, 2.75) is 6.54 Å². The van der Waals surface area contributed by atoms with Crippen molar-refractivity contribution in [2.24, 2.45) is 0 Å². The fourth-order valence-corrected chi connectivity index (χ4v) is 2.85. The third-order valence-electron chi connectivity index (χ3n) is 4.27. The first kappa shape index (κ1) is 16.7. The molecular formula is C20H17N5O2. The minimum absolute atomic E-state index is 0.345. The summed E-state index contributed by atoms with van der Waals surface area (Å²) in [7, 11) is 0. The van der Waals surface area contributed by atoms with Crippen LogP contribution in [-0.2, 0) is 6.54 Å². The van der Waals surface area contributed by atoms with Gasteiger partial charge < -0.3 is 0 Å². The van der Waals surface area contributed by atoms with Gasteiger partial charge in [-0.25, -0.2) is 14.9 Å². The number of pyridine rings is 1. The van der Waals surface area contributed by atoms with Gasteiger partial charge in [0.1, 0.15) is 5.69 Å². The van der Waals surface area contributed by atoms with Crippen molar-refractivity contribution in [1.82, 2.24) is 19.7 Å². The monoisotopic (exact) mass is 359 g/mol. The van der Waals surface area contributed by atoms with Crippen molar-refractivity contribution >= 4 is 0 Å². The number of hydrogen-bond acceptors (Lipinski definition) is 5.